The Labute approximate surface area is 131 Å². The third-order valence-electron chi connectivity index (χ3n) is 3.57. The number of anilines is 2. The predicted octanol–water partition coefficient (Wildman–Crippen LogP) is 0.296. The van der Waals surface area contributed by atoms with E-state index < -0.39 is 0 Å². The Kier molecular flexibility index (Phi) is 3.39. The summed E-state index contributed by atoms with van der Waals surface area (Å²) in [4.78, 5) is 27.7. The number of hydrogen-bond donors (Lipinski definition) is 1. The Bertz CT molecular complexity index is 835. The third-order valence-corrected chi connectivity index (χ3v) is 3.57. The molecule has 3 aromatic heterocycles. The topological polar surface area (TPSA) is 116 Å². The van der Waals surface area contributed by atoms with Crippen molar-refractivity contribution in [2.45, 2.75) is 0 Å². The molecule has 0 aromatic carbocycles. The molecule has 9 nitrogen and oxygen atoms in total. The average molecular weight is 310 g/mol. The van der Waals surface area contributed by atoms with Crippen LogP contribution in [0.5, 0.6) is 0 Å². The summed E-state index contributed by atoms with van der Waals surface area (Å²) < 4.78 is 5.39. The van der Waals surface area contributed by atoms with E-state index in [-0.39, 0.29) is 5.95 Å². The van der Waals surface area contributed by atoms with Gasteiger partial charge in [0.15, 0.2) is 17.0 Å². The van der Waals surface area contributed by atoms with E-state index in [4.69, 9.17) is 10.5 Å². The standard InChI is InChI=1S/C14H14N8O/c15-14-20-12-11(13(21-14)22-1-3-23-4-2-22)19-10(7-18-12)9-5-16-8-17-6-9/h5-8H,1-4H2,(H2,15,18,20,21). The normalized spacial score (nSPS) is 15.0. The first-order valence-electron chi connectivity index (χ1n) is 7.19. The molecule has 23 heavy (non-hydrogen) atoms. The van der Waals surface area contributed by atoms with Gasteiger partial charge in [-0.3, -0.25) is 0 Å². The van der Waals surface area contributed by atoms with Crippen molar-refractivity contribution < 1.29 is 4.74 Å². The van der Waals surface area contributed by atoms with Gasteiger partial charge in [-0.05, 0) is 0 Å². The first-order chi connectivity index (χ1) is 11.3. The van der Waals surface area contributed by atoms with Crippen molar-refractivity contribution in [2.75, 3.05) is 36.9 Å². The maximum absolute atomic E-state index is 5.81. The van der Waals surface area contributed by atoms with E-state index in [2.05, 4.69) is 34.8 Å². The van der Waals surface area contributed by atoms with E-state index in [1.165, 1.54) is 6.33 Å². The summed E-state index contributed by atoms with van der Waals surface area (Å²) >= 11 is 0. The van der Waals surface area contributed by atoms with E-state index in [9.17, 15) is 0 Å². The van der Waals surface area contributed by atoms with Crippen LogP contribution in [0.25, 0.3) is 22.4 Å². The highest BCUT2D eigenvalue weighted by Crippen LogP contribution is 2.25. The first-order valence-corrected chi connectivity index (χ1v) is 7.19. The molecule has 2 N–H and O–H groups in total. The number of aromatic nitrogens is 6. The molecule has 3 aromatic rings. The first kappa shape index (κ1) is 13.7. The fourth-order valence-electron chi connectivity index (χ4n) is 2.48. The largest absolute Gasteiger partial charge is 0.378 e. The number of morpholine rings is 1. The van der Waals surface area contributed by atoms with E-state index >= 15 is 0 Å². The quantitative estimate of drug-likeness (QED) is 0.713. The molecule has 0 atom stereocenters. The van der Waals surface area contributed by atoms with Crippen LogP contribution in [0.1, 0.15) is 0 Å². The molecule has 4 rings (SSSR count). The summed E-state index contributed by atoms with van der Waals surface area (Å²) in [6.45, 7) is 2.74. The van der Waals surface area contributed by atoms with Gasteiger partial charge < -0.3 is 15.4 Å². The highest BCUT2D eigenvalue weighted by Gasteiger charge is 2.19. The molecule has 1 aliphatic rings. The van der Waals surface area contributed by atoms with Gasteiger partial charge in [0, 0.05) is 31.0 Å². The highest BCUT2D eigenvalue weighted by molar-refractivity contribution is 5.85. The van der Waals surface area contributed by atoms with E-state index in [0.717, 1.165) is 18.7 Å². The Balaban J connectivity index is 1.87. The molecule has 0 spiro atoms. The molecule has 4 heterocycles. The second kappa shape index (κ2) is 5.69. The van der Waals surface area contributed by atoms with Crippen LogP contribution in [0, 0.1) is 0 Å². The van der Waals surface area contributed by atoms with Crippen molar-refractivity contribution in [3.63, 3.8) is 0 Å². The lowest BCUT2D eigenvalue weighted by Gasteiger charge is -2.28. The molecule has 0 amide bonds. The molecular weight excluding hydrogens is 296 g/mol. The second-order valence-electron chi connectivity index (χ2n) is 5.06. The van der Waals surface area contributed by atoms with Gasteiger partial charge in [0.25, 0.3) is 0 Å². The van der Waals surface area contributed by atoms with Crippen LogP contribution in [0.4, 0.5) is 11.8 Å². The Morgan fingerprint density at radius 2 is 1.78 bits per heavy atom. The lowest BCUT2D eigenvalue weighted by atomic mass is 10.2. The monoisotopic (exact) mass is 310 g/mol. The average Bonchev–Trinajstić information content (AvgIpc) is 2.62. The summed E-state index contributed by atoms with van der Waals surface area (Å²) in [7, 11) is 0. The molecule has 0 radical (unpaired) electrons. The zero-order chi connectivity index (χ0) is 15.6. The van der Waals surface area contributed by atoms with Crippen molar-refractivity contribution >= 4 is 22.9 Å². The summed E-state index contributed by atoms with van der Waals surface area (Å²) in [5.74, 6) is 0.867. The molecule has 0 bridgehead atoms. The fourth-order valence-corrected chi connectivity index (χ4v) is 2.48. The zero-order valence-electron chi connectivity index (χ0n) is 12.3. The summed E-state index contributed by atoms with van der Waals surface area (Å²) in [5, 5.41) is 0. The summed E-state index contributed by atoms with van der Waals surface area (Å²) in [5.41, 5.74) is 8.35. The highest BCUT2D eigenvalue weighted by atomic mass is 16.5. The molecule has 0 aliphatic carbocycles. The Morgan fingerprint density at radius 1 is 1.00 bits per heavy atom. The minimum absolute atomic E-state index is 0.184. The second-order valence-corrected chi connectivity index (χ2v) is 5.06. The van der Waals surface area contributed by atoms with Crippen LogP contribution in [-0.4, -0.2) is 56.2 Å². The number of nitrogens with two attached hydrogens (primary N) is 1. The van der Waals surface area contributed by atoms with Gasteiger partial charge in [-0.25, -0.2) is 19.9 Å². The Hall–Kier alpha value is -2.94. The molecule has 0 saturated carbocycles. The van der Waals surface area contributed by atoms with E-state index in [0.29, 0.717) is 35.9 Å². The lowest BCUT2D eigenvalue weighted by molar-refractivity contribution is 0.122. The van der Waals surface area contributed by atoms with Gasteiger partial charge in [-0.1, -0.05) is 0 Å². The fraction of sp³-hybridized carbons (Fsp3) is 0.286. The van der Waals surface area contributed by atoms with Gasteiger partial charge in [-0.15, -0.1) is 0 Å². The summed E-state index contributed by atoms with van der Waals surface area (Å²) in [6.07, 6.45) is 6.49. The predicted molar refractivity (Wildman–Crippen MR) is 83.6 cm³/mol. The van der Waals surface area contributed by atoms with Crippen LogP contribution < -0.4 is 10.6 Å². The molecule has 116 valence electrons. The molecule has 0 unspecified atom stereocenters. The van der Waals surface area contributed by atoms with Crippen molar-refractivity contribution in [3.8, 4) is 11.3 Å². The van der Waals surface area contributed by atoms with Gasteiger partial charge in [-0.2, -0.15) is 9.97 Å². The van der Waals surface area contributed by atoms with Crippen LogP contribution in [0.3, 0.4) is 0 Å². The zero-order valence-corrected chi connectivity index (χ0v) is 12.3. The minimum atomic E-state index is 0.184. The van der Waals surface area contributed by atoms with Gasteiger partial charge in [0.05, 0.1) is 25.1 Å². The van der Waals surface area contributed by atoms with Gasteiger partial charge in [0.1, 0.15) is 6.33 Å². The van der Waals surface area contributed by atoms with Crippen molar-refractivity contribution in [1.82, 2.24) is 29.9 Å². The van der Waals surface area contributed by atoms with Gasteiger partial charge in [0.2, 0.25) is 5.95 Å². The van der Waals surface area contributed by atoms with Crippen LogP contribution in [0.2, 0.25) is 0 Å². The minimum Gasteiger partial charge on any atom is -0.378 e. The molecule has 1 fully saturated rings. The Morgan fingerprint density at radius 3 is 2.57 bits per heavy atom. The number of nitrogen functional groups attached to an aromatic ring is 1. The van der Waals surface area contributed by atoms with Crippen molar-refractivity contribution in [2.24, 2.45) is 0 Å². The van der Waals surface area contributed by atoms with Crippen molar-refractivity contribution in [3.05, 3.63) is 24.9 Å². The number of rotatable bonds is 2. The number of nitrogens with zero attached hydrogens (tertiary/aromatic N) is 7. The molecule has 1 saturated heterocycles. The smallest absolute Gasteiger partial charge is 0.224 e. The summed E-state index contributed by atoms with van der Waals surface area (Å²) in [6, 6.07) is 0. The molecular formula is C14H14N8O. The SMILES string of the molecule is Nc1nc(N2CCOCC2)c2nc(-c3cncnc3)cnc2n1. The van der Waals surface area contributed by atoms with Crippen LogP contribution >= 0.6 is 0 Å². The number of ether oxygens (including phenoxy) is 1. The maximum atomic E-state index is 5.81. The van der Waals surface area contributed by atoms with Crippen LogP contribution in [0.15, 0.2) is 24.9 Å². The maximum Gasteiger partial charge on any atom is 0.224 e. The van der Waals surface area contributed by atoms with Gasteiger partial charge >= 0.3 is 0 Å². The molecule has 1 aliphatic heterocycles. The third kappa shape index (κ3) is 2.61. The lowest BCUT2D eigenvalue weighted by Crippen LogP contribution is -2.37. The number of fused-ring (bicyclic) bond motifs is 1. The van der Waals surface area contributed by atoms with E-state index in [1.807, 2.05) is 0 Å². The number of hydrogen-bond acceptors (Lipinski definition) is 9. The van der Waals surface area contributed by atoms with E-state index in [1.54, 1.807) is 18.6 Å². The van der Waals surface area contributed by atoms with Crippen LogP contribution in [-0.2, 0) is 4.74 Å². The molecule has 9 heteroatoms. The van der Waals surface area contributed by atoms with Crippen molar-refractivity contribution in [1.29, 1.82) is 0 Å².